The molecule has 0 spiro atoms. The molecule has 1 aliphatic rings. The van der Waals surface area contributed by atoms with Crippen LogP contribution < -0.4 is 5.32 Å². The maximum Gasteiger partial charge on any atom is 0.262 e. The van der Waals surface area contributed by atoms with E-state index >= 15 is 0 Å². The third-order valence-corrected chi connectivity index (χ3v) is 6.00. The van der Waals surface area contributed by atoms with Crippen LogP contribution >= 0.6 is 11.3 Å². The molecule has 1 N–H and O–H groups in total. The van der Waals surface area contributed by atoms with E-state index in [0.29, 0.717) is 10.7 Å². The Balaban J connectivity index is 1.54. The van der Waals surface area contributed by atoms with Crippen molar-refractivity contribution in [2.45, 2.75) is 39.0 Å². The minimum atomic E-state index is -0.169. The first-order valence-electron chi connectivity index (χ1n) is 9.11. The van der Waals surface area contributed by atoms with Gasteiger partial charge in [-0.2, -0.15) is 5.10 Å². The number of amides is 1. The zero-order valence-electron chi connectivity index (χ0n) is 15.1. The van der Waals surface area contributed by atoms with Gasteiger partial charge in [0.1, 0.15) is 11.4 Å². The molecule has 3 heterocycles. The number of anilines is 1. The van der Waals surface area contributed by atoms with Gasteiger partial charge in [-0.05, 0) is 37.3 Å². The molecule has 3 aromatic heterocycles. The Morgan fingerprint density at radius 3 is 2.96 bits per heavy atom. The molecule has 1 unspecified atom stereocenters. The Labute approximate surface area is 156 Å². The zero-order valence-corrected chi connectivity index (χ0v) is 15.9. The SMILES string of the molecule is CCCC1CCc2nc(NC(=O)c3cnn(C)c3-n3cccc3)sc2C1. The van der Waals surface area contributed by atoms with E-state index in [9.17, 15) is 4.79 Å². The van der Waals surface area contributed by atoms with E-state index in [0.717, 1.165) is 30.3 Å². The highest BCUT2D eigenvalue weighted by Crippen LogP contribution is 2.34. The van der Waals surface area contributed by atoms with Crippen LogP contribution in [0, 0.1) is 5.92 Å². The first-order valence-corrected chi connectivity index (χ1v) is 9.92. The van der Waals surface area contributed by atoms with Gasteiger partial charge in [0, 0.05) is 24.3 Å². The molecular formula is C19H23N5OS. The molecule has 0 fully saturated rings. The minimum absolute atomic E-state index is 0.169. The lowest BCUT2D eigenvalue weighted by atomic mass is 9.88. The minimum Gasteiger partial charge on any atom is -0.308 e. The molecule has 4 rings (SSSR count). The highest BCUT2D eigenvalue weighted by molar-refractivity contribution is 7.15. The summed E-state index contributed by atoms with van der Waals surface area (Å²) in [5, 5.41) is 7.92. The van der Waals surface area contributed by atoms with E-state index in [-0.39, 0.29) is 5.91 Å². The molecule has 0 radical (unpaired) electrons. The van der Waals surface area contributed by atoms with E-state index in [1.165, 1.54) is 24.1 Å². The molecule has 0 aromatic carbocycles. The molecule has 0 saturated heterocycles. The second-order valence-corrected chi connectivity index (χ2v) is 7.92. The number of rotatable bonds is 5. The van der Waals surface area contributed by atoms with Crippen LogP contribution in [-0.2, 0) is 19.9 Å². The zero-order chi connectivity index (χ0) is 18.1. The maximum atomic E-state index is 12.8. The molecule has 3 aromatic rings. The number of carbonyl (C=O) groups excluding carboxylic acids is 1. The van der Waals surface area contributed by atoms with Gasteiger partial charge >= 0.3 is 0 Å². The largest absolute Gasteiger partial charge is 0.308 e. The fourth-order valence-corrected chi connectivity index (χ4v) is 4.81. The number of thiazole rings is 1. The number of hydrogen-bond acceptors (Lipinski definition) is 4. The predicted octanol–water partition coefficient (Wildman–Crippen LogP) is 3.82. The topological polar surface area (TPSA) is 64.7 Å². The van der Waals surface area contributed by atoms with Crippen molar-refractivity contribution in [3.63, 3.8) is 0 Å². The number of aromatic nitrogens is 4. The second-order valence-electron chi connectivity index (χ2n) is 6.84. The Hall–Kier alpha value is -2.41. The summed E-state index contributed by atoms with van der Waals surface area (Å²) in [7, 11) is 1.84. The Kier molecular flexibility index (Phi) is 4.63. The lowest BCUT2D eigenvalue weighted by Gasteiger charge is -2.19. The van der Waals surface area contributed by atoms with Crippen LogP contribution in [0.25, 0.3) is 5.82 Å². The summed E-state index contributed by atoms with van der Waals surface area (Å²) in [5.74, 6) is 1.34. The standard InChI is InChI=1S/C19H23N5OS/c1-3-6-13-7-8-15-16(11-13)26-19(21-15)22-17(25)14-12-20-23(2)18(14)24-9-4-5-10-24/h4-5,9-10,12-13H,3,6-8,11H2,1-2H3,(H,21,22,25). The van der Waals surface area contributed by atoms with E-state index in [4.69, 9.17) is 0 Å². The quantitative estimate of drug-likeness (QED) is 0.743. The molecule has 1 amide bonds. The highest BCUT2D eigenvalue weighted by atomic mass is 32.1. The molecule has 0 aliphatic heterocycles. The Morgan fingerprint density at radius 2 is 2.19 bits per heavy atom. The van der Waals surface area contributed by atoms with Gasteiger partial charge in [0.2, 0.25) is 0 Å². The second kappa shape index (κ2) is 7.07. The predicted molar refractivity (Wildman–Crippen MR) is 103 cm³/mol. The van der Waals surface area contributed by atoms with Gasteiger partial charge in [0.25, 0.3) is 5.91 Å². The van der Waals surface area contributed by atoms with Crippen LogP contribution in [0.1, 0.15) is 47.1 Å². The fourth-order valence-electron chi connectivity index (χ4n) is 3.69. The van der Waals surface area contributed by atoms with Crippen molar-refractivity contribution >= 4 is 22.4 Å². The number of hydrogen-bond donors (Lipinski definition) is 1. The average molecular weight is 369 g/mol. The van der Waals surface area contributed by atoms with Crippen molar-refractivity contribution in [3.05, 3.63) is 46.9 Å². The normalized spacial score (nSPS) is 16.5. The average Bonchev–Trinajstić information content (AvgIpc) is 3.33. The molecule has 0 saturated carbocycles. The van der Waals surface area contributed by atoms with Gasteiger partial charge in [-0.25, -0.2) is 4.98 Å². The Morgan fingerprint density at radius 1 is 1.38 bits per heavy atom. The molecule has 1 atom stereocenters. The first-order chi connectivity index (χ1) is 12.7. The highest BCUT2D eigenvalue weighted by Gasteiger charge is 2.24. The third kappa shape index (κ3) is 3.19. The number of nitrogens with zero attached hydrogens (tertiary/aromatic N) is 4. The maximum absolute atomic E-state index is 12.8. The number of fused-ring (bicyclic) bond motifs is 1. The van der Waals surface area contributed by atoms with Crippen LogP contribution in [0.4, 0.5) is 5.13 Å². The monoisotopic (exact) mass is 369 g/mol. The lowest BCUT2D eigenvalue weighted by Crippen LogP contribution is -2.15. The molecule has 6 nitrogen and oxygen atoms in total. The summed E-state index contributed by atoms with van der Waals surface area (Å²) in [6, 6.07) is 3.85. The van der Waals surface area contributed by atoms with Crippen LogP contribution in [0.15, 0.2) is 30.7 Å². The van der Waals surface area contributed by atoms with E-state index in [2.05, 4.69) is 22.3 Å². The van der Waals surface area contributed by atoms with Crippen LogP contribution in [0.5, 0.6) is 0 Å². The summed E-state index contributed by atoms with van der Waals surface area (Å²) in [5.41, 5.74) is 1.70. The number of nitrogens with one attached hydrogen (secondary N) is 1. The van der Waals surface area contributed by atoms with Crippen molar-refractivity contribution in [1.29, 1.82) is 0 Å². The lowest BCUT2D eigenvalue weighted by molar-refractivity contribution is 0.102. The fraction of sp³-hybridized carbons (Fsp3) is 0.421. The summed E-state index contributed by atoms with van der Waals surface area (Å²) in [6.07, 6.45) is 11.2. The van der Waals surface area contributed by atoms with Crippen molar-refractivity contribution in [1.82, 2.24) is 19.3 Å². The molecule has 0 bridgehead atoms. The molecule has 7 heteroatoms. The molecule has 26 heavy (non-hydrogen) atoms. The molecule has 136 valence electrons. The first kappa shape index (κ1) is 17.0. The van der Waals surface area contributed by atoms with E-state index in [1.807, 2.05) is 36.1 Å². The van der Waals surface area contributed by atoms with Crippen LogP contribution in [0.3, 0.4) is 0 Å². The molecule has 1 aliphatic carbocycles. The van der Waals surface area contributed by atoms with Crippen molar-refractivity contribution in [3.8, 4) is 5.82 Å². The van der Waals surface area contributed by atoms with Crippen LogP contribution in [-0.4, -0.2) is 25.2 Å². The Bertz CT molecular complexity index is 909. The van der Waals surface area contributed by atoms with Gasteiger partial charge < -0.3 is 4.57 Å². The van der Waals surface area contributed by atoms with Gasteiger partial charge in [-0.15, -0.1) is 11.3 Å². The summed E-state index contributed by atoms with van der Waals surface area (Å²) in [4.78, 5) is 18.8. The number of carbonyl (C=O) groups is 1. The van der Waals surface area contributed by atoms with Gasteiger partial charge in [0.05, 0.1) is 11.9 Å². The summed E-state index contributed by atoms with van der Waals surface area (Å²) >= 11 is 1.62. The smallest absolute Gasteiger partial charge is 0.262 e. The summed E-state index contributed by atoms with van der Waals surface area (Å²) < 4.78 is 3.60. The van der Waals surface area contributed by atoms with Crippen molar-refractivity contribution in [2.24, 2.45) is 13.0 Å². The number of aryl methyl sites for hydroxylation is 2. The van der Waals surface area contributed by atoms with E-state index in [1.54, 1.807) is 22.2 Å². The van der Waals surface area contributed by atoms with Crippen molar-refractivity contribution in [2.75, 3.05) is 5.32 Å². The van der Waals surface area contributed by atoms with Crippen LogP contribution in [0.2, 0.25) is 0 Å². The van der Waals surface area contributed by atoms with Crippen molar-refractivity contribution < 1.29 is 4.79 Å². The van der Waals surface area contributed by atoms with E-state index < -0.39 is 0 Å². The third-order valence-electron chi connectivity index (χ3n) is 4.96. The molecular weight excluding hydrogens is 346 g/mol. The van der Waals surface area contributed by atoms with Gasteiger partial charge in [-0.1, -0.05) is 19.8 Å². The summed E-state index contributed by atoms with van der Waals surface area (Å²) in [6.45, 7) is 2.24. The van der Waals surface area contributed by atoms with Gasteiger partial charge in [0.15, 0.2) is 5.13 Å². The van der Waals surface area contributed by atoms with Gasteiger partial charge in [-0.3, -0.25) is 14.8 Å².